The van der Waals surface area contributed by atoms with Gasteiger partial charge in [-0.15, -0.1) is 0 Å². The van der Waals surface area contributed by atoms with Gasteiger partial charge in [-0.05, 0) is 12.2 Å². The summed E-state index contributed by atoms with van der Waals surface area (Å²) < 4.78 is 0. The van der Waals surface area contributed by atoms with E-state index in [1.54, 1.807) is 12.2 Å². The molecule has 10 heavy (non-hydrogen) atoms. The van der Waals surface area contributed by atoms with E-state index in [9.17, 15) is 4.79 Å². The maximum atomic E-state index is 10.4. The molecule has 0 spiro atoms. The number of nitrogens with one attached hydrogen (secondary N) is 1. The van der Waals surface area contributed by atoms with Gasteiger partial charge in [-0.2, -0.15) is 0 Å². The SMILES string of the molecule is C[NH+]1C=CC=C(C(=O)O)C1. The van der Waals surface area contributed by atoms with Crippen molar-refractivity contribution in [3.05, 3.63) is 23.9 Å². The van der Waals surface area contributed by atoms with Crippen LogP contribution in [0.25, 0.3) is 0 Å². The van der Waals surface area contributed by atoms with Crippen LogP contribution in [0.3, 0.4) is 0 Å². The smallest absolute Gasteiger partial charge is 0.337 e. The highest BCUT2D eigenvalue weighted by Crippen LogP contribution is 1.93. The van der Waals surface area contributed by atoms with Gasteiger partial charge >= 0.3 is 5.97 Å². The zero-order valence-electron chi connectivity index (χ0n) is 5.79. The first-order valence-electron chi connectivity index (χ1n) is 3.13. The van der Waals surface area contributed by atoms with E-state index >= 15 is 0 Å². The number of hydrogen-bond donors (Lipinski definition) is 2. The Morgan fingerprint density at radius 3 is 2.90 bits per heavy atom. The molecule has 3 heteroatoms. The lowest BCUT2D eigenvalue weighted by molar-refractivity contribution is -0.819. The number of carbonyl (C=O) groups is 1. The Morgan fingerprint density at radius 1 is 1.80 bits per heavy atom. The van der Waals surface area contributed by atoms with Crippen molar-refractivity contribution in [2.75, 3.05) is 13.6 Å². The molecular formula is C7H10NO2+. The topological polar surface area (TPSA) is 41.7 Å². The van der Waals surface area contributed by atoms with Crippen LogP contribution < -0.4 is 4.90 Å². The molecular weight excluding hydrogens is 130 g/mol. The van der Waals surface area contributed by atoms with Gasteiger partial charge in [-0.1, -0.05) is 0 Å². The number of rotatable bonds is 1. The van der Waals surface area contributed by atoms with Crippen molar-refractivity contribution in [3.8, 4) is 0 Å². The van der Waals surface area contributed by atoms with E-state index in [0.29, 0.717) is 12.1 Å². The Morgan fingerprint density at radius 2 is 2.50 bits per heavy atom. The number of carboxylic acids is 1. The maximum Gasteiger partial charge on any atom is 0.337 e. The molecule has 1 atom stereocenters. The molecule has 1 heterocycles. The van der Waals surface area contributed by atoms with Gasteiger partial charge in [0, 0.05) is 0 Å². The van der Waals surface area contributed by atoms with Crippen molar-refractivity contribution in [3.63, 3.8) is 0 Å². The molecule has 1 aliphatic heterocycles. The molecule has 0 saturated heterocycles. The average Bonchev–Trinajstić information content (AvgIpc) is 1.88. The number of likely N-dealkylation sites (N-methyl/N-ethyl adjacent to an activating group) is 1. The second-order valence-corrected chi connectivity index (χ2v) is 2.38. The van der Waals surface area contributed by atoms with Crippen molar-refractivity contribution < 1.29 is 14.8 Å². The van der Waals surface area contributed by atoms with Crippen LogP contribution in [0.5, 0.6) is 0 Å². The van der Waals surface area contributed by atoms with Crippen molar-refractivity contribution in [1.29, 1.82) is 0 Å². The molecule has 0 aromatic carbocycles. The number of carboxylic acid groups (broad SMARTS) is 1. The van der Waals surface area contributed by atoms with Gasteiger partial charge in [0.1, 0.15) is 6.54 Å². The molecule has 0 radical (unpaired) electrons. The summed E-state index contributed by atoms with van der Waals surface area (Å²) in [6.45, 7) is 0.575. The molecule has 1 unspecified atom stereocenters. The predicted molar refractivity (Wildman–Crippen MR) is 36.6 cm³/mol. The van der Waals surface area contributed by atoms with Gasteiger partial charge in [-0.3, -0.25) is 0 Å². The molecule has 1 aliphatic rings. The van der Waals surface area contributed by atoms with Crippen molar-refractivity contribution >= 4 is 5.97 Å². The fraction of sp³-hybridized carbons (Fsp3) is 0.286. The second kappa shape index (κ2) is 2.66. The molecule has 0 aromatic heterocycles. The molecule has 0 amide bonds. The predicted octanol–water partition coefficient (Wildman–Crippen LogP) is -0.961. The highest BCUT2D eigenvalue weighted by molar-refractivity contribution is 5.87. The summed E-state index contributed by atoms with van der Waals surface area (Å²) in [6, 6.07) is 0. The van der Waals surface area contributed by atoms with E-state index in [1.807, 2.05) is 13.2 Å². The third kappa shape index (κ3) is 1.45. The second-order valence-electron chi connectivity index (χ2n) is 2.38. The molecule has 54 valence electrons. The first-order chi connectivity index (χ1) is 4.70. The first kappa shape index (κ1) is 7.02. The van der Waals surface area contributed by atoms with Crippen LogP contribution in [0.15, 0.2) is 23.9 Å². The van der Waals surface area contributed by atoms with E-state index in [-0.39, 0.29) is 0 Å². The van der Waals surface area contributed by atoms with Gasteiger partial charge in [0.05, 0.1) is 18.8 Å². The highest BCUT2D eigenvalue weighted by atomic mass is 16.4. The number of allylic oxidation sites excluding steroid dienone is 2. The molecule has 0 bridgehead atoms. The Kier molecular flexibility index (Phi) is 1.87. The molecule has 0 saturated carbocycles. The Bertz CT molecular complexity index is 206. The third-order valence-electron chi connectivity index (χ3n) is 1.42. The molecule has 0 aromatic rings. The van der Waals surface area contributed by atoms with Crippen LogP contribution in [-0.2, 0) is 4.79 Å². The molecule has 2 N–H and O–H groups in total. The van der Waals surface area contributed by atoms with E-state index in [0.717, 1.165) is 4.90 Å². The van der Waals surface area contributed by atoms with Crippen molar-refractivity contribution in [1.82, 2.24) is 0 Å². The van der Waals surface area contributed by atoms with Gasteiger partial charge in [-0.25, -0.2) is 4.79 Å². The van der Waals surface area contributed by atoms with Crippen LogP contribution in [-0.4, -0.2) is 24.7 Å². The quantitative estimate of drug-likeness (QED) is 0.492. The van der Waals surface area contributed by atoms with E-state index in [1.165, 1.54) is 0 Å². The van der Waals surface area contributed by atoms with Gasteiger partial charge < -0.3 is 10.0 Å². The molecule has 3 nitrogen and oxygen atoms in total. The largest absolute Gasteiger partial charge is 0.478 e. The number of aliphatic carboxylic acids is 1. The summed E-state index contributed by atoms with van der Waals surface area (Å²) in [5, 5.41) is 8.54. The van der Waals surface area contributed by atoms with Crippen LogP contribution in [0.2, 0.25) is 0 Å². The molecule has 0 fully saturated rings. The summed E-state index contributed by atoms with van der Waals surface area (Å²) in [7, 11) is 1.92. The zero-order valence-corrected chi connectivity index (χ0v) is 5.79. The normalized spacial score (nSPS) is 24.1. The molecule has 0 aliphatic carbocycles. The van der Waals surface area contributed by atoms with Crippen molar-refractivity contribution in [2.24, 2.45) is 0 Å². The van der Waals surface area contributed by atoms with E-state index < -0.39 is 5.97 Å². The standard InChI is InChI=1S/C7H9NO2/c1-8-4-2-3-6(5-8)7(9)10/h2-4H,5H2,1H3,(H,9,10)/p+1. The van der Waals surface area contributed by atoms with E-state index in [4.69, 9.17) is 5.11 Å². The summed E-state index contributed by atoms with van der Waals surface area (Å²) in [5.74, 6) is -0.816. The van der Waals surface area contributed by atoms with Gasteiger partial charge in [0.2, 0.25) is 0 Å². The lowest BCUT2D eigenvalue weighted by Gasteiger charge is -2.10. The fourth-order valence-electron chi connectivity index (χ4n) is 0.894. The van der Waals surface area contributed by atoms with Crippen LogP contribution in [0.1, 0.15) is 0 Å². The average molecular weight is 140 g/mol. The monoisotopic (exact) mass is 140 g/mol. The minimum Gasteiger partial charge on any atom is -0.478 e. The summed E-state index contributed by atoms with van der Waals surface area (Å²) in [5.41, 5.74) is 0.472. The lowest BCUT2D eigenvalue weighted by Crippen LogP contribution is -3.04. The summed E-state index contributed by atoms with van der Waals surface area (Å²) in [4.78, 5) is 11.5. The van der Waals surface area contributed by atoms with E-state index in [2.05, 4.69) is 0 Å². The Balaban J connectivity index is 2.71. The van der Waals surface area contributed by atoms with Crippen LogP contribution in [0, 0.1) is 0 Å². The Labute approximate surface area is 59.3 Å². The third-order valence-corrected chi connectivity index (χ3v) is 1.42. The van der Waals surface area contributed by atoms with Crippen LogP contribution >= 0.6 is 0 Å². The van der Waals surface area contributed by atoms with Crippen LogP contribution in [0.4, 0.5) is 0 Å². The number of hydrogen-bond acceptors (Lipinski definition) is 1. The highest BCUT2D eigenvalue weighted by Gasteiger charge is 2.13. The minimum absolute atomic E-state index is 0.472. The summed E-state index contributed by atoms with van der Waals surface area (Å²) >= 11 is 0. The van der Waals surface area contributed by atoms with Gasteiger partial charge in [0.25, 0.3) is 0 Å². The summed E-state index contributed by atoms with van der Waals surface area (Å²) in [6.07, 6.45) is 5.32. The fourth-order valence-corrected chi connectivity index (χ4v) is 0.894. The molecule has 1 rings (SSSR count). The minimum atomic E-state index is -0.816. The lowest BCUT2D eigenvalue weighted by atomic mass is 10.2. The van der Waals surface area contributed by atoms with Crippen molar-refractivity contribution in [2.45, 2.75) is 0 Å². The van der Waals surface area contributed by atoms with Gasteiger partial charge in [0.15, 0.2) is 0 Å². The first-order valence-corrected chi connectivity index (χ1v) is 3.13. The maximum absolute atomic E-state index is 10.4. The number of quaternary nitrogens is 1. The Hall–Kier alpha value is -1.09. The zero-order chi connectivity index (χ0) is 7.56.